The maximum atomic E-state index is 6.70. The molecule has 0 radical (unpaired) electrons. The summed E-state index contributed by atoms with van der Waals surface area (Å²) >= 11 is 2.38. The van der Waals surface area contributed by atoms with Crippen molar-refractivity contribution < 1.29 is 23.7 Å². The van der Waals surface area contributed by atoms with Crippen molar-refractivity contribution in [2.24, 2.45) is 0 Å². The Labute approximate surface area is 250 Å². The molecule has 1 aliphatic rings. The zero-order valence-electron chi connectivity index (χ0n) is 22.4. The van der Waals surface area contributed by atoms with Crippen molar-refractivity contribution in [2.75, 3.05) is 11.0 Å². The molecule has 4 aromatic rings. The Kier molecular flexibility index (Phi) is 11.1. The lowest BCUT2D eigenvalue weighted by Crippen LogP contribution is -2.54. The molecule has 6 heteroatoms. The fourth-order valence-electron chi connectivity index (χ4n) is 4.73. The zero-order chi connectivity index (χ0) is 27.4. The molecule has 1 aliphatic heterocycles. The topological polar surface area (TPSA) is 46.2 Å². The highest BCUT2D eigenvalue weighted by atomic mass is 127. The minimum absolute atomic E-state index is 0.230. The summed E-state index contributed by atoms with van der Waals surface area (Å²) in [4.78, 5) is 0. The van der Waals surface area contributed by atoms with E-state index >= 15 is 0 Å². The summed E-state index contributed by atoms with van der Waals surface area (Å²) in [5.74, 6) is 0. The lowest BCUT2D eigenvalue weighted by molar-refractivity contribution is -0.299. The van der Waals surface area contributed by atoms with Crippen LogP contribution in [0.5, 0.6) is 0 Å². The molecule has 1 heterocycles. The highest BCUT2D eigenvalue weighted by molar-refractivity contribution is 14.1. The van der Waals surface area contributed by atoms with Crippen molar-refractivity contribution in [3.63, 3.8) is 0 Å². The molecule has 1 fully saturated rings. The van der Waals surface area contributed by atoms with Crippen molar-refractivity contribution in [3.05, 3.63) is 144 Å². The molecule has 2 unspecified atom stereocenters. The largest absolute Gasteiger partial charge is 0.370 e. The van der Waals surface area contributed by atoms with Gasteiger partial charge in [0, 0.05) is 9.99 Å². The SMILES string of the molecule is IC[C@@H](OCc1ccccc1)[C@H](OCc1ccccc1)C1OC(c2ccccc2)OC[C@H]1OCc1ccccc1. The molecule has 0 N–H and O–H groups in total. The van der Waals surface area contributed by atoms with Crippen molar-refractivity contribution in [1.29, 1.82) is 0 Å². The lowest BCUT2D eigenvalue weighted by atomic mass is 10.0. The number of benzene rings is 4. The quantitative estimate of drug-likeness (QED) is 0.112. The summed E-state index contributed by atoms with van der Waals surface area (Å²) in [7, 11) is 0. The number of halogens is 1. The number of ether oxygens (including phenoxy) is 5. The number of rotatable bonds is 13. The van der Waals surface area contributed by atoms with Crippen LogP contribution in [0.2, 0.25) is 0 Å². The van der Waals surface area contributed by atoms with E-state index < -0.39 is 18.5 Å². The van der Waals surface area contributed by atoms with Gasteiger partial charge in [0.15, 0.2) is 6.29 Å². The van der Waals surface area contributed by atoms with Gasteiger partial charge in [-0.2, -0.15) is 0 Å². The second-order valence-corrected chi connectivity index (χ2v) is 10.6. The van der Waals surface area contributed by atoms with E-state index in [0.717, 1.165) is 26.7 Å². The number of alkyl halides is 1. The van der Waals surface area contributed by atoms with Crippen LogP contribution in [0, 0.1) is 0 Å². The number of hydrogen-bond acceptors (Lipinski definition) is 5. The maximum Gasteiger partial charge on any atom is 0.184 e. The zero-order valence-corrected chi connectivity index (χ0v) is 24.5. The molecule has 0 amide bonds. The molecule has 0 saturated carbocycles. The van der Waals surface area contributed by atoms with Crippen LogP contribution in [0.15, 0.2) is 121 Å². The van der Waals surface area contributed by atoms with Gasteiger partial charge in [0.1, 0.15) is 18.3 Å². The molecule has 0 aromatic heterocycles. The van der Waals surface area contributed by atoms with Gasteiger partial charge in [0.05, 0.1) is 32.5 Å². The smallest absolute Gasteiger partial charge is 0.184 e. The van der Waals surface area contributed by atoms with Gasteiger partial charge in [-0.25, -0.2) is 0 Å². The molecule has 1 saturated heterocycles. The third-order valence-corrected chi connectivity index (χ3v) is 7.74. The lowest BCUT2D eigenvalue weighted by Gasteiger charge is -2.42. The number of hydrogen-bond donors (Lipinski definition) is 0. The normalized spacial score (nSPS) is 20.6. The van der Waals surface area contributed by atoms with Crippen LogP contribution < -0.4 is 0 Å². The van der Waals surface area contributed by atoms with E-state index in [2.05, 4.69) is 59.0 Å². The third kappa shape index (κ3) is 8.22. The first-order valence-electron chi connectivity index (χ1n) is 13.6. The average molecular weight is 651 g/mol. The first kappa shape index (κ1) is 28.9. The summed E-state index contributed by atoms with van der Waals surface area (Å²) in [6.45, 7) is 1.76. The van der Waals surface area contributed by atoms with Crippen LogP contribution in [0.4, 0.5) is 0 Å². The fourth-order valence-corrected chi connectivity index (χ4v) is 5.48. The van der Waals surface area contributed by atoms with Crippen LogP contribution >= 0.6 is 22.6 Å². The van der Waals surface area contributed by atoms with Crippen LogP contribution in [0.3, 0.4) is 0 Å². The Morgan fingerprint density at radius 3 is 1.70 bits per heavy atom. The Balaban J connectivity index is 1.40. The van der Waals surface area contributed by atoms with Crippen LogP contribution in [-0.2, 0) is 43.5 Å². The average Bonchev–Trinajstić information content (AvgIpc) is 3.03. The highest BCUT2D eigenvalue weighted by Gasteiger charge is 2.43. The summed E-state index contributed by atoms with van der Waals surface area (Å²) in [6.07, 6.45) is -1.90. The Morgan fingerprint density at radius 2 is 1.15 bits per heavy atom. The summed E-state index contributed by atoms with van der Waals surface area (Å²) < 4.78 is 33.3. The minimum atomic E-state index is -0.519. The van der Waals surface area contributed by atoms with Gasteiger partial charge in [-0.05, 0) is 16.7 Å². The van der Waals surface area contributed by atoms with E-state index in [1.54, 1.807) is 0 Å². The molecule has 5 atom stereocenters. The first-order chi connectivity index (χ1) is 19.8. The second kappa shape index (κ2) is 15.4. The standard InChI is InChI=1S/C34H35IO5/c35-21-30(36-22-26-13-5-1-6-14-26)32(38-24-28-17-9-3-10-18-28)33-31(37-23-27-15-7-2-8-16-27)25-39-34(40-33)29-19-11-4-12-20-29/h1-20,30-34H,21-25H2/t30-,31-,32+,33?,34?/m1/s1. The molecular weight excluding hydrogens is 615 g/mol. The van der Waals surface area contributed by atoms with E-state index in [1.165, 1.54) is 0 Å². The van der Waals surface area contributed by atoms with E-state index in [4.69, 9.17) is 23.7 Å². The predicted molar refractivity (Wildman–Crippen MR) is 164 cm³/mol. The molecule has 0 spiro atoms. The van der Waals surface area contributed by atoms with Gasteiger partial charge in [-0.1, -0.05) is 144 Å². The van der Waals surface area contributed by atoms with E-state index in [-0.39, 0.29) is 12.2 Å². The maximum absolute atomic E-state index is 6.70. The molecule has 0 bridgehead atoms. The molecule has 5 nitrogen and oxygen atoms in total. The van der Waals surface area contributed by atoms with Gasteiger partial charge in [-0.3, -0.25) is 0 Å². The molecular formula is C34H35IO5. The van der Waals surface area contributed by atoms with E-state index in [9.17, 15) is 0 Å². The Morgan fingerprint density at radius 1 is 0.650 bits per heavy atom. The van der Waals surface area contributed by atoms with Gasteiger partial charge in [-0.15, -0.1) is 0 Å². The Hall–Kier alpha value is -2.59. The van der Waals surface area contributed by atoms with Crippen molar-refractivity contribution >= 4 is 22.6 Å². The summed E-state index contributed by atoms with van der Waals surface area (Å²) in [5.41, 5.74) is 4.27. The van der Waals surface area contributed by atoms with Gasteiger partial charge in [0.2, 0.25) is 0 Å². The van der Waals surface area contributed by atoms with Gasteiger partial charge < -0.3 is 23.7 Å². The van der Waals surface area contributed by atoms with E-state index in [1.807, 2.05) is 84.9 Å². The summed E-state index contributed by atoms with van der Waals surface area (Å²) in [6, 6.07) is 40.6. The Bertz CT molecular complexity index is 1200. The molecule has 5 rings (SSSR count). The van der Waals surface area contributed by atoms with E-state index in [0.29, 0.717) is 26.4 Å². The highest BCUT2D eigenvalue weighted by Crippen LogP contribution is 2.33. The molecule has 0 aliphatic carbocycles. The van der Waals surface area contributed by atoms with Crippen LogP contribution in [-0.4, -0.2) is 35.5 Å². The summed E-state index contributed by atoms with van der Waals surface area (Å²) in [5, 5.41) is 0. The fraction of sp³-hybridized carbons (Fsp3) is 0.294. The first-order valence-corrected chi connectivity index (χ1v) is 15.2. The van der Waals surface area contributed by atoms with Crippen molar-refractivity contribution in [3.8, 4) is 0 Å². The molecule has 40 heavy (non-hydrogen) atoms. The predicted octanol–water partition coefficient (Wildman–Crippen LogP) is 7.29. The third-order valence-electron chi connectivity index (χ3n) is 6.87. The monoisotopic (exact) mass is 650 g/mol. The van der Waals surface area contributed by atoms with Crippen LogP contribution in [0.25, 0.3) is 0 Å². The van der Waals surface area contributed by atoms with Gasteiger partial charge in [0.25, 0.3) is 0 Å². The van der Waals surface area contributed by atoms with Crippen LogP contribution in [0.1, 0.15) is 28.5 Å². The molecule has 4 aromatic carbocycles. The molecule has 208 valence electrons. The van der Waals surface area contributed by atoms with Crippen molar-refractivity contribution in [1.82, 2.24) is 0 Å². The second-order valence-electron chi connectivity index (χ2n) is 9.76. The minimum Gasteiger partial charge on any atom is -0.370 e. The van der Waals surface area contributed by atoms with Gasteiger partial charge >= 0.3 is 0 Å². The van der Waals surface area contributed by atoms with Crippen molar-refractivity contribution in [2.45, 2.75) is 50.5 Å².